The number of likely N-dealkylation sites (N-methyl/N-ethyl adjacent to an activating group) is 1. The number of aromatic nitrogens is 2. The van der Waals surface area contributed by atoms with Crippen molar-refractivity contribution in [2.75, 3.05) is 32.0 Å². The summed E-state index contributed by atoms with van der Waals surface area (Å²) in [7, 11) is 2.08. The fourth-order valence-electron chi connectivity index (χ4n) is 1.13. The molecule has 4 nitrogen and oxygen atoms in total. The normalized spacial score (nSPS) is 10.7. The van der Waals surface area contributed by atoms with Crippen LogP contribution in [0.15, 0.2) is 6.33 Å². The van der Waals surface area contributed by atoms with Crippen LogP contribution in [0, 0.1) is 6.92 Å². The molecule has 15 heavy (non-hydrogen) atoms. The molecule has 1 N–H and O–H groups in total. The molecule has 0 aliphatic carbocycles. The summed E-state index contributed by atoms with van der Waals surface area (Å²) in [5.74, 6) is 0.819. The van der Waals surface area contributed by atoms with Crippen molar-refractivity contribution < 1.29 is 0 Å². The third kappa shape index (κ3) is 3.64. The highest BCUT2D eigenvalue weighted by Crippen LogP contribution is 2.17. The second-order valence-electron chi connectivity index (χ2n) is 3.46. The molecular formula is C10H17ClN4. The van der Waals surface area contributed by atoms with Crippen molar-refractivity contribution in [1.29, 1.82) is 0 Å². The van der Waals surface area contributed by atoms with E-state index >= 15 is 0 Å². The lowest BCUT2D eigenvalue weighted by Crippen LogP contribution is -2.25. The molecule has 0 unspecified atom stereocenters. The summed E-state index contributed by atoms with van der Waals surface area (Å²) in [6.45, 7) is 6.93. The zero-order valence-corrected chi connectivity index (χ0v) is 10.2. The first kappa shape index (κ1) is 12.2. The quantitative estimate of drug-likeness (QED) is 0.781. The van der Waals surface area contributed by atoms with Crippen LogP contribution in [0.1, 0.15) is 12.5 Å². The van der Waals surface area contributed by atoms with Crippen LogP contribution in [0.25, 0.3) is 0 Å². The Labute approximate surface area is 95.7 Å². The Morgan fingerprint density at radius 1 is 1.47 bits per heavy atom. The smallest absolute Gasteiger partial charge is 0.137 e. The molecule has 0 spiro atoms. The molecule has 0 bridgehead atoms. The van der Waals surface area contributed by atoms with Crippen molar-refractivity contribution in [2.24, 2.45) is 0 Å². The Bertz CT molecular complexity index is 316. The summed E-state index contributed by atoms with van der Waals surface area (Å²) in [5, 5.41) is 3.75. The fraction of sp³-hybridized carbons (Fsp3) is 0.600. The van der Waals surface area contributed by atoms with Gasteiger partial charge in [0.2, 0.25) is 0 Å². The van der Waals surface area contributed by atoms with Crippen LogP contribution in [-0.4, -0.2) is 41.5 Å². The average Bonchev–Trinajstić information content (AvgIpc) is 2.24. The van der Waals surface area contributed by atoms with Gasteiger partial charge in [-0.25, -0.2) is 9.97 Å². The summed E-state index contributed by atoms with van der Waals surface area (Å²) in [6, 6.07) is 0. The van der Waals surface area contributed by atoms with Crippen molar-refractivity contribution in [3.63, 3.8) is 0 Å². The third-order valence-electron chi connectivity index (χ3n) is 2.35. The number of halogens is 1. The standard InChI is InChI=1S/C10H17ClN4/c1-4-15(3)6-5-12-10-8(2)9(11)13-7-14-10/h7H,4-6H2,1-3H3,(H,12,13,14). The van der Waals surface area contributed by atoms with E-state index in [1.807, 2.05) is 6.92 Å². The summed E-state index contributed by atoms with van der Waals surface area (Å²) in [4.78, 5) is 10.3. The van der Waals surface area contributed by atoms with Crippen LogP contribution in [0.4, 0.5) is 5.82 Å². The maximum absolute atomic E-state index is 5.88. The summed E-state index contributed by atoms with van der Waals surface area (Å²) >= 11 is 5.88. The van der Waals surface area contributed by atoms with Crippen LogP contribution >= 0.6 is 11.6 Å². The summed E-state index contributed by atoms with van der Waals surface area (Å²) < 4.78 is 0. The van der Waals surface area contributed by atoms with Gasteiger partial charge in [0.05, 0.1) is 0 Å². The zero-order chi connectivity index (χ0) is 11.3. The predicted molar refractivity (Wildman–Crippen MR) is 63.4 cm³/mol. The molecule has 0 aromatic carbocycles. The SMILES string of the molecule is CCN(C)CCNc1ncnc(Cl)c1C. The topological polar surface area (TPSA) is 41.0 Å². The monoisotopic (exact) mass is 228 g/mol. The van der Waals surface area contributed by atoms with Gasteiger partial charge in [0.15, 0.2) is 0 Å². The van der Waals surface area contributed by atoms with Gasteiger partial charge in [0.25, 0.3) is 0 Å². The van der Waals surface area contributed by atoms with Gasteiger partial charge in [0.1, 0.15) is 17.3 Å². The second kappa shape index (κ2) is 5.88. The van der Waals surface area contributed by atoms with Crippen LogP contribution in [0.3, 0.4) is 0 Å². The highest BCUT2D eigenvalue weighted by Gasteiger charge is 2.03. The van der Waals surface area contributed by atoms with Gasteiger partial charge < -0.3 is 10.2 Å². The van der Waals surface area contributed by atoms with Crippen LogP contribution < -0.4 is 5.32 Å². The first-order valence-corrected chi connectivity index (χ1v) is 5.42. The van der Waals surface area contributed by atoms with Gasteiger partial charge in [-0.3, -0.25) is 0 Å². The molecule has 1 heterocycles. The lowest BCUT2D eigenvalue weighted by Gasteiger charge is -2.15. The van der Waals surface area contributed by atoms with E-state index in [4.69, 9.17) is 11.6 Å². The number of hydrogen-bond acceptors (Lipinski definition) is 4. The Morgan fingerprint density at radius 3 is 2.87 bits per heavy atom. The zero-order valence-electron chi connectivity index (χ0n) is 9.42. The average molecular weight is 229 g/mol. The molecular weight excluding hydrogens is 212 g/mol. The molecule has 0 radical (unpaired) electrons. The minimum Gasteiger partial charge on any atom is -0.368 e. The number of nitrogens with one attached hydrogen (secondary N) is 1. The number of anilines is 1. The Hall–Kier alpha value is -0.870. The lowest BCUT2D eigenvalue weighted by molar-refractivity contribution is 0.367. The van der Waals surface area contributed by atoms with Crippen molar-refractivity contribution in [3.05, 3.63) is 17.0 Å². The van der Waals surface area contributed by atoms with E-state index < -0.39 is 0 Å². The van der Waals surface area contributed by atoms with E-state index in [1.165, 1.54) is 6.33 Å². The molecule has 1 rings (SSSR count). The molecule has 0 amide bonds. The first-order valence-electron chi connectivity index (χ1n) is 5.04. The Morgan fingerprint density at radius 2 is 2.20 bits per heavy atom. The van der Waals surface area contributed by atoms with Crippen LogP contribution in [-0.2, 0) is 0 Å². The van der Waals surface area contributed by atoms with Crippen molar-refractivity contribution in [2.45, 2.75) is 13.8 Å². The lowest BCUT2D eigenvalue weighted by atomic mass is 10.3. The molecule has 1 aromatic heterocycles. The largest absolute Gasteiger partial charge is 0.368 e. The Kier molecular flexibility index (Phi) is 4.78. The van der Waals surface area contributed by atoms with Gasteiger partial charge in [-0.2, -0.15) is 0 Å². The minimum atomic E-state index is 0.511. The van der Waals surface area contributed by atoms with Crippen LogP contribution in [0.2, 0.25) is 5.15 Å². The number of hydrogen-bond donors (Lipinski definition) is 1. The van der Waals surface area contributed by atoms with Crippen molar-refractivity contribution in [3.8, 4) is 0 Å². The van der Waals surface area contributed by atoms with Crippen molar-refractivity contribution >= 4 is 17.4 Å². The molecule has 5 heteroatoms. The van der Waals surface area contributed by atoms with Crippen LogP contribution in [0.5, 0.6) is 0 Å². The molecule has 0 atom stereocenters. The van der Waals surface area contributed by atoms with E-state index in [2.05, 4.69) is 34.2 Å². The van der Waals surface area contributed by atoms with Gasteiger partial charge in [-0.15, -0.1) is 0 Å². The third-order valence-corrected chi connectivity index (χ3v) is 2.73. The first-order chi connectivity index (χ1) is 7.15. The van der Waals surface area contributed by atoms with Gasteiger partial charge in [-0.1, -0.05) is 18.5 Å². The molecule has 84 valence electrons. The minimum absolute atomic E-state index is 0.511. The van der Waals surface area contributed by atoms with Gasteiger partial charge in [0, 0.05) is 18.7 Å². The van der Waals surface area contributed by atoms with E-state index in [0.29, 0.717) is 5.15 Å². The maximum atomic E-state index is 5.88. The van der Waals surface area contributed by atoms with Gasteiger partial charge >= 0.3 is 0 Å². The molecule has 0 saturated carbocycles. The highest BCUT2D eigenvalue weighted by molar-refractivity contribution is 6.30. The molecule has 1 aromatic rings. The Balaban J connectivity index is 2.47. The van der Waals surface area contributed by atoms with E-state index in [9.17, 15) is 0 Å². The van der Waals surface area contributed by atoms with E-state index in [-0.39, 0.29) is 0 Å². The van der Waals surface area contributed by atoms with E-state index in [0.717, 1.165) is 31.0 Å². The summed E-state index contributed by atoms with van der Waals surface area (Å²) in [5.41, 5.74) is 0.901. The second-order valence-corrected chi connectivity index (χ2v) is 3.82. The van der Waals surface area contributed by atoms with Crippen molar-refractivity contribution in [1.82, 2.24) is 14.9 Å². The fourth-order valence-corrected chi connectivity index (χ4v) is 1.26. The molecule has 0 aliphatic rings. The number of nitrogens with zero attached hydrogens (tertiary/aromatic N) is 3. The maximum Gasteiger partial charge on any atom is 0.137 e. The summed E-state index contributed by atoms with van der Waals surface area (Å²) in [6.07, 6.45) is 1.47. The van der Waals surface area contributed by atoms with Gasteiger partial charge in [-0.05, 0) is 20.5 Å². The molecule has 0 aliphatic heterocycles. The highest BCUT2D eigenvalue weighted by atomic mass is 35.5. The predicted octanol–water partition coefficient (Wildman–Crippen LogP) is 1.80. The number of rotatable bonds is 5. The molecule has 0 saturated heterocycles. The molecule has 0 fully saturated rings. The van der Waals surface area contributed by atoms with E-state index in [1.54, 1.807) is 0 Å².